The standard InChI is InChI=1S/C60H84FN13O7S/c1-39-31-71(52(75)35-69-21-19-68(20-22-69)18-13-25-80-50-29-48-47(28-51(50)82(78,79)59(8,9)10)56(64-38-63-48)65-55-41(3)42(4)66-67-55)24-23-70(39)33-46-34-73(57(77)81-58(5,6)7)40(2)32-72(46)36-53(76)74-37-60(11,12)54-49(74)27-44(30-62-54)26-43-14-16-45(61)17-15-43/h14-17,27-30,38-40,46H,13,18-26,31-37H2,1-12H3,(H2,63,64,65,66,67)/t39-,40+,46?/m1/s1. The van der Waals surface area contributed by atoms with Crippen LogP contribution in [-0.2, 0) is 36.0 Å². The first-order valence-corrected chi connectivity index (χ1v) is 30.3. The summed E-state index contributed by atoms with van der Waals surface area (Å²) in [5.74, 6) is 1.15. The molecular formula is C60H84FN13O7S. The Hall–Kier alpha value is -6.33. The highest BCUT2D eigenvalue weighted by Crippen LogP contribution is 2.41. The van der Waals surface area contributed by atoms with Gasteiger partial charge in [-0.25, -0.2) is 27.6 Å². The average molecular weight is 1150 g/mol. The Morgan fingerprint density at radius 2 is 1.55 bits per heavy atom. The number of nitrogens with one attached hydrogen (secondary N) is 2. The number of hydrogen-bond acceptors (Lipinski definition) is 16. The number of rotatable bonds is 16. The molecule has 3 aromatic heterocycles. The van der Waals surface area contributed by atoms with Crippen LogP contribution in [0.2, 0.25) is 0 Å². The largest absolute Gasteiger partial charge is 0.492 e. The molecule has 3 fully saturated rings. The molecule has 7 heterocycles. The minimum Gasteiger partial charge on any atom is -0.492 e. The number of anilines is 3. The molecule has 1 unspecified atom stereocenters. The summed E-state index contributed by atoms with van der Waals surface area (Å²) in [5, 5.41) is 11.1. The highest BCUT2D eigenvalue weighted by atomic mass is 32.2. The van der Waals surface area contributed by atoms with E-state index >= 15 is 0 Å². The summed E-state index contributed by atoms with van der Waals surface area (Å²) < 4.78 is 52.9. The van der Waals surface area contributed by atoms with Gasteiger partial charge in [0.15, 0.2) is 9.84 Å². The average Bonchev–Trinajstić information content (AvgIpc) is 4.06. The summed E-state index contributed by atoms with van der Waals surface area (Å²) in [6, 6.07) is 11.4. The molecule has 4 aliphatic heterocycles. The number of amides is 3. The fourth-order valence-corrected chi connectivity index (χ4v) is 12.8. The molecule has 3 amide bonds. The van der Waals surface area contributed by atoms with Crippen LogP contribution in [0.3, 0.4) is 0 Å². The normalized spacial score (nSPS) is 20.5. The number of aromatic nitrogens is 5. The minimum atomic E-state index is -3.84. The zero-order valence-electron chi connectivity index (χ0n) is 50.0. The van der Waals surface area contributed by atoms with Crippen molar-refractivity contribution in [2.45, 2.75) is 135 Å². The Morgan fingerprint density at radius 3 is 2.22 bits per heavy atom. The van der Waals surface area contributed by atoms with E-state index in [0.29, 0.717) is 94.3 Å². The van der Waals surface area contributed by atoms with Gasteiger partial charge in [0.2, 0.25) is 11.8 Å². The molecule has 5 aromatic rings. The molecule has 0 spiro atoms. The molecule has 2 aromatic carbocycles. The fourth-order valence-electron chi connectivity index (χ4n) is 11.5. The maximum absolute atomic E-state index is 14.7. The number of pyridine rings is 1. The predicted octanol–water partition coefficient (Wildman–Crippen LogP) is 6.96. The zero-order chi connectivity index (χ0) is 59.1. The van der Waals surface area contributed by atoms with Crippen molar-refractivity contribution in [3.05, 3.63) is 88.9 Å². The van der Waals surface area contributed by atoms with E-state index in [4.69, 9.17) is 14.5 Å². The third-order valence-corrected chi connectivity index (χ3v) is 19.0. The Morgan fingerprint density at radius 1 is 0.829 bits per heavy atom. The number of ether oxygens (including phenoxy) is 2. The fraction of sp³-hybridized carbons (Fsp3) is 0.583. The van der Waals surface area contributed by atoms with Gasteiger partial charge in [-0.1, -0.05) is 26.0 Å². The lowest BCUT2D eigenvalue weighted by Crippen LogP contribution is -2.65. The van der Waals surface area contributed by atoms with Crippen LogP contribution in [0.15, 0.2) is 59.9 Å². The van der Waals surface area contributed by atoms with Crippen molar-refractivity contribution in [1.29, 1.82) is 0 Å². The monoisotopic (exact) mass is 1150 g/mol. The van der Waals surface area contributed by atoms with E-state index in [2.05, 4.69) is 65.9 Å². The Bertz CT molecular complexity index is 3240. The van der Waals surface area contributed by atoms with Gasteiger partial charge >= 0.3 is 6.09 Å². The maximum Gasteiger partial charge on any atom is 0.410 e. The van der Waals surface area contributed by atoms with Crippen molar-refractivity contribution in [2.24, 2.45) is 0 Å². The lowest BCUT2D eigenvalue weighted by molar-refractivity contribution is -0.136. The summed E-state index contributed by atoms with van der Waals surface area (Å²) in [7, 11) is -3.84. The molecule has 82 heavy (non-hydrogen) atoms. The smallest absolute Gasteiger partial charge is 0.410 e. The topological polar surface area (TPSA) is 206 Å². The molecule has 3 saturated heterocycles. The van der Waals surface area contributed by atoms with Gasteiger partial charge in [0, 0.05) is 125 Å². The van der Waals surface area contributed by atoms with Crippen LogP contribution in [0.5, 0.6) is 5.75 Å². The molecule has 22 heteroatoms. The van der Waals surface area contributed by atoms with Gasteiger partial charge in [-0.05, 0) is 117 Å². The second-order valence-corrected chi connectivity index (χ2v) is 28.2. The number of nitrogens with zero attached hydrogens (tertiary/aromatic N) is 11. The molecule has 0 radical (unpaired) electrons. The maximum atomic E-state index is 14.7. The summed E-state index contributed by atoms with van der Waals surface area (Å²) in [4.78, 5) is 71.0. The van der Waals surface area contributed by atoms with E-state index in [1.165, 1.54) is 18.5 Å². The molecular weight excluding hydrogens is 1070 g/mol. The molecule has 0 aliphatic carbocycles. The van der Waals surface area contributed by atoms with Crippen molar-refractivity contribution in [3.63, 3.8) is 0 Å². The van der Waals surface area contributed by atoms with Crippen LogP contribution in [0.4, 0.5) is 26.5 Å². The molecule has 9 rings (SSSR count). The first-order chi connectivity index (χ1) is 38.6. The van der Waals surface area contributed by atoms with E-state index in [-0.39, 0.29) is 64.5 Å². The van der Waals surface area contributed by atoms with Gasteiger partial charge in [-0.15, -0.1) is 0 Å². The number of H-pyrrole nitrogens is 1. The van der Waals surface area contributed by atoms with Gasteiger partial charge in [0.1, 0.15) is 40.0 Å². The number of halogens is 1. The first kappa shape index (κ1) is 60.3. The Kier molecular flexibility index (Phi) is 17.7. The molecule has 444 valence electrons. The van der Waals surface area contributed by atoms with Gasteiger partial charge in [0.25, 0.3) is 0 Å². The van der Waals surface area contributed by atoms with Crippen LogP contribution in [0.25, 0.3) is 10.9 Å². The molecule has 3 atom stereocenters. The van der Waals surface area contributed by atoms with Crippen molar-refractivity contribution >= 4 is 56.0 Å². The van der Waals surface area contributed by atoms with Crippen LogP contribution in [-0.4, -0.2) is 208 Å². The lowest BCUT2D eigenvalue weighted by atomic mass is 9.91. The molecule has 2 N–H and O–H groups in total. The molecule has 0 saturated carbocycles. The van der Waals surface area contributed by atoms with E-state index in [1.807, 2.05) is 63.6 Å². The van der Waals surface area contributed by atoms with E-state index in [0.717, 1.165) is 66.5 Å². The number of sulfone groups is 1. The number of fused-ring (bicyclic) bond motifs is 2. The number of piperazine rings is 3. The number of carbonyl (C=O) groups is 3. The summed E-state index contributed by atoms with van der Waals surface area (Å²) in [6.45, 7) is 31.2. The number of aromatic amines is 1. The third-order valence-electron chi connectivity index (χ3n) is 16.5. The van der Waals surface area contributed by atoms with Gasteiger partial charge in [-0.3, -0.25) is 34.4 Å². The zero-order valence-corrected chi connectivity index (χ0v) is 50.8. The number of carbonyl (C=O) groups excluding carboxylic acids is 3. The Balaban J connectivity index is 0.779. The van der Waals surface area contributed by atoms with Gasteiger partial charge in [0.05, 0.1) is 47.0 Å². The molecule has 4 aliphatic rings. The highest BCUT2D eigenvalue weighted by molar-refractivity contribution is 7.92. The molecule has 20 nitrogen and oxygen atoms in total. The third kappa shape index (κ3) is 13.7. The van der Waals surface area contributed by atoms with E-state index < -0.39 is 20.2 Å². The van der Waals surface area contributed by atoms with Crippen molar-refractivity contribution in [1.82, 2.24) is 54.5 Å². The van der Waals surface area contributed by atoms with Gasteiger partial charge < -0.3 is 34.4 Å². The minimum absolute atomic E-state index is 0.0313. The van der Waals surface area contributed by atoms with Crippen molar-refractivity contribution < 1.29 is 36.7 Å². The van der Waals surface area contributed by atoms with Crippen LogP contribution < -0.4 is 15.0 Å². The summed E-state index contributed by atoms with van der Waals surface area (Å²) in [5.41, 5.74) is 4.83. The number of hydrogen-bond donors (Lipinski definition) is 2. The van der Waals surface area contributed by atoms with E-state index in [9.17, 15) is 27.2 Å². The summed E-state index contributed by atoms with van der Waals surface area (Å²) >= 11 is 0. The summed E-state index contributed by atoms with van der Waals surface area (Å²) in [6.07, 6.45) is 4.15. The molecule has 0 bridgehead atoms. The quantitative estimate of drug-likeness (QED) is 0.0958. The van der Waals surface area contributed by atoms with Crippen LogP contribution in [0, 0.1) is 19.7 Å². The SMILES string of the molecule is Cc1n[nH]c(Nc2ncnc3cc(OCCCN4CCN(CC(=O)N5CCN(CC6CN(C(=O)OC(C)(C)C)[C@@H](C)CN6CC(=O)N6CC(C)(C)c7ncc(Cc8ccc(F)cc8)cc76)[C@H](C)C5)CC4)c(S(=O)(=O)C(C)(C)C)cc23)c1C. The highest BCUT2D eigenvalue weighted by Gasteiger charge is 2.44. The predicted molar refractivity (Wildman–Crippen MR) is 315 cm³/mol. The van der Waals surface area contributed by atoms with Crippen molar-refractivity contribution in [2.75, 3.05) is 108 Å². The number of aryl methyl sites for hydroxylation is 1. The van der Waals surface area contributed by atoms with Crippen LogP contribution >= 0.6 is 0 Å². The Labute approximate surface area is 483 Å². The van der Waals surface area contributed by atoms with Gasteiger partial charge in [-0.2, -0.15) is 5.10 Å². The van der Waals surface area contributed by atoms with Crippen molar-refractivity contribution in [3.8, 4) is 5.75 Å². The number of benzene rings is 2. The van der Waals surface area contributed by atoms with E-state index in [1.54, 1.807) is 49.9 Å². The second kappa shape index (κ2) is 24.1. The van der Waals surface area contributed by atoms with Crippen LogP contribution in [0.1, 0.15) is 104 Å². The first-order valence-electron chi connectivity index (χ1n) is 28.8. The second-order valence-electron chi connectivity index (χ2n) is 25.5. The lowest BCUT2D eigenvalue weighted by Gasteiger charge is -2.48.